The lowest BCUT2D eigenvalue weighted by Crippen LogP contribution is -2.13. The van der Waals surface area contributed by atoms with Gasteiger partial charge in [-0.15, -0.1) is 5.10 Å². The van der Waals surface area contributed by atoms with Crippen LogP contribution in [-0.4, -0.2) is 26.1 Å². The maximum Gasteiger partial charge on any atom is 0.255 e. The fourth-order valence-corrected chi connectivity index (χ4v) is 2.95. The Kier molecular flexibility index (Phi) is 3.80. The van der Waals surface area contributed by atoms with Crippen molar-refractivity contribution in [2.75, 3.05) is 5.32 Å². The van der Waals surface area contributed by atoms with Gasteiger partial charge in [0.25, 0.3) is 5.91 Å². The van der Waals surface area contributed by atoms with E-state index in [1.165, 1.54) is 0 Å². The Labute approximate surface area is 145 Å². The summed E-state index contributed by atoms with van der Waals surface area (Å²) in [7, 11) is 0. The van der Waals surface area contributed by atoms with Gasteiger partial charge in [-0.1, -0.05) is 29.8 Å². The Morgan fingerprint density at radius 1 is 1.16 bits per heavy atom. The van der Waals surface area contributed by atoms with Gasteiger partial charge in [0, 0.05) is 16.8 Å². The molecule has 1 amide bonds. The largest absolute Gasteiger partial charge is 0.322 e. The van der Waals surface area contributed by atoms with E-state index in [0.717, 1.165) is 41.0 Å². The molecule has 0 aliphatic heterocycles. The standard InChI is InChI=1S/C19H19N5O/c1-12-6-9-17(13(2)10-12)19(25)20-15-5-3-4-14(11-15)18-21-22-23-24(18)16-7-8-16/h3-6,9-11,16H,7-8H2,1-2H3,(H,20,25). The van der Waals surface area contributed by atoms with Crippen LogP contribution in [-0.2, 0) is 0 Å². The van der Waals surface area contributed by atoms with Gasteiger partial charge >= 0.3 is 0 Å². The molecule has 1 aliphatic rings. The number of anilines is 1. The van der Waals surface area contributed by atoms with Crippen LogP contribution in [0.2, 0.25) is 0 Å². The van der Waals surface area contributed by atoms with Crippen molar-refractivity contribution in [3.8, 4) is 11.4 Å². The van der Waals surface area contributed by atoms with Crippen molar-refractivity contribution in [3.05, 3.63) is 59.2 Å². The van der Waals surface area contributed by atoms with E-state index in [9.17, 15) is 4.79 Å². The second kappa shape index (κ2) is 6.12. The zero-order valence-corrected chi connectivity index (χ0v) is 14.2. The highest BCUT2D eigenvalue weighted by Gasteiger charge is 2.28. The van der Waals surface area contributed by atoms with E-state index < -0.39 is 0 Å². The topological polar surface area (TPSA) is 72.7 Å². The number of nitrogens with zero attached hydrogens (tertiary/aromatic N) is 4. The summed E-state index contributed by atoms with van der Waals surface area (Å²) in [5.41, 5.74) is 4.41. The van der Waals surface area contributed by atoms with Crippen LogP contribution in [0.25, 0.3) is 11.4 Å². The van der Waals surface area contributed by atoms with Gasteiger partial charge in [0.1, 0.15) is 0 Å². The van der Waals surface area contributed by atoms with Crippen LogP contribution < -0.4 is 5.32 Å². The number of carbonyl (C=O) groups is 1. The van der Waals surface area contributed by atoms with Crippen LogP contribution in [0, 0.1) is 13.8 Å². The molecule has 25 heavy (non-hydrogen) atoms. The van der Waals surface area contributed by atoms with Gasteiger partial charge in [0.05, 0.1) is 6.04 Å². The van der Waals surface area contributed by atoms with Gasteiger partial charge in [-0.05, 0) is 60.9 Å². The molecule has 1 heterocycles. The molecule has 1 aromatic heterocycles. The predicted octanol–water partition coefficient (Wildman–Crippen LogP) is 3.54. The number of hydrogen-bond acceptors (Lipinski definition) is 4. The first-order chi connectivity index (χ1) is 12.1. The number of rotatable bonds is 4. The van der Waals surface area contributed by atoms with Crippen molar-refractivity contribution < 1.29 is 4.79 Å². The van der Waals surface area contributed by atoms with Gasteiger partial charge in [0.2, 0.25) is 0 Å². The van der Waals surface area contributed by atoms with E-state index in [2.05, 4.69) is 20.8 Å². The van der Waals surface area contributed by atoms with Crippen molar-refractivity contribution in [2.24, 2.45) is 0 Å². The molecule has 0 radical (unpaired) electrons. The van der Waals surface area contributed by atoms with E-state index in [-0.39, 0.29) is 5.91 Å². The number of hydrogen-bond donors (Lipinski definition) is 1. The summed E-state index contributed by atoms with van der Waals surface area (Å²) in [6, 6.07) is 13.9. The summed E-state index contributed by atoms with van der Waals surface area (Å²) in [5.74, 6) is 0.626. The summed E-state index contributed by atoms with van der Waals surface area (Å²) in [4.78, 5) is 12.6. The maximum absolute atomic E-state index is 12.6. The fourth-order valence-electron chi connectivity index (χ4n) is 2.95. The molecule has 1 N–H and O–H groups in total. The highest BCUT2D eigenvalue weighted by atomic mass is 16.1. The van der Waals surface area contributed by atoms with Gasteiger partial charge in [-0.25, -0.2) is 4.68 Å². The fraction of sp³-hybridized carbons (Fsp3) is 0.263. The van der Waals surface area contributed by atoms with Crippen LogP contribution in [0.5, 0.6) is 0 Å². The SMILES string of the molecule is Cc1ccc(C(=O)Nc2cccc(-c3nnnn3C3CC3)c2)c(C)c1. The number of amides is 1. The summed E-state index contributed by atoms with van der Waals surface area (Å²) in [5, 5.41) is 15.0. The predicted molar refractivity (Wildman–Crippen MR) is 95.4 cm³/mol. The highest BCUT2D eigenvalue weighted by molar-refractivity contribution is 6.05. The van der Waals surface area contributed by atoms with Gasteiger partial charge in [-0.3, -0.25) is 4.79 Å². The van der Waals surface area contributed by atoms with E-state index in [4.69, 9.17) is 0 Å². The minimum absolute atomic E-state index is 0.114. The minimum atomic E-state index is -0.114. The van der Waals surface area contributed by atoms with Crippen LogP contribution in [0.1, 0.15) is 40.4 Å². The third-order valence-electron chi connectivity index (χ3n) is 4.39. The molecule has 1 aliphatic carbocycles. The van der Waals surface area contributed by atoms with E-state index in [1.54, 1.807) is 0 Å². The molecule has 1 fully saturated rings. The van der Waals surface area contributed by atoms with E-state index >= 15 is 0 Å². The summed E-state index contributed by atoms with van der Waals surface area (Å²) in [6.45, 7) is 3.96. The number of aromatic nitrogens is 4. The Hall–Kier alpha value is -3.02. The van der Waals surface area contributed by atoms with Crippen LogP contribution in [0.15, 0.2) is 42.5 Å². The number of carbonyl (C=O) groups excluding carboxylic acids is 1. The number of tetrazole rings is 1. The van der Waals surface area contributed by atoms with Crippen LogP contribution in [0.3, 0.4) is 0 Å². The van der Waals surface area contributed by atoms with Crippen molar-refractivity contribution in [3.63, 3.8) is 0 Å². The molecule has 3 aromatic rings. The zero-order valence-electron chi connectivity index (χ0n) is 14.2. The van der Waals surface area contributed by atoms with Crippen molar-refractivity contribution in [2.45, 2.75) is 32.7 Å². The first kappa shape index (κ1) is 15.5. The lowest BCUT2D eigenvalue weighted by molar-refractivity contribution is 0.102. The quantitative estimate of drug-likeness (QED) is 0.792. The number of aryl methyl sites for hydroxylation is 2. The second-order valence-corrected chi connectivity index (χ2v) is 6.53. The Morgan fingerprint density at radius 3 is 2.76 bits per heavy atom. The lowest BCUT2D eigenvalue weighted by Gasteiger charge is -2.10. The summed E-state index contributed by atoms with van der Waals surface area (Å²) < 4.78 is 1.87. The third kappa shape index (κ3) is 3.15. The van der Waals surface area contributed by atoms with E-state index in [0.29, 0.717) is 11.6 Å². The van der Waals surface area contributed by atoms with Gasteiger partial charge in [-0.2, -0.15) is 0 Å². The van der Waals surface area contributed by atoms with E-state index in [1.807, 2.05) is 61.0 Å². The molecule has 0 atom stereocenters. The molecular weight excluding hydrogens is 314 g/mol. The molecule has 6 heteroatoms. The average Bonchev–Trinajstić information content (AvgIpc) is 3.31. The number of benzene rings is 2. The summed E-state index contributed by atoms with van der Waals surface area (Å²) in [6.07, 6.45) is 2.22. The molecule has 0 bridgehead atoms. The first-order valence-corrected chi connectivity index (χ1v) is 8.39. The highest BCUT2D eigenvalue weighted by Crippen LogP contribution is 2.36. The molecule has 0 unspecified atom stereocenters. The normalized spacial score (nSPS) is 13.7. The van der Waals surface area contributed by atoms with Crippen molar-refractivity contribution in [1.82, 2.24) is 20.2 Å². The van der Waals surface area contributed by atoms with Crippen LogP contribution >= 0.6 is 0 Å². The smallest absolute Gasteiger partial charge is 0.255 e. The van der Waals surface area contributed by atoms with Gasteiger partial charge < -0.3 is 5.32 Å². The van der Waals surface area contributed by atoms with Crippen molar-refractivity contribution in [1.29, 1.82) is 0 Å². The molecule has 1 saturated carbocycles. The molecule has 2 aromatic carbocycles. The minimum Gasteiger partial charge on any atom is -0.322 e. The van der Waals surface area contributed by atoms with Crippen molar-refractivity contribution >= 4 is 11.6 Å². The number of nitrogens with one attached hydrogen (secondary N) is 1. The second-order valence-electron chi connectivity index (χ2n) is 6.53. The third-order valence-corrected chi connectivity index (χ3v) is 4.39. The van der Waals surface area contributed by atoms with Crippen LogP contribution in [0.4, 0.5) is 5.69 Å². The molecule has 126 valence electrons. The summed E-state index contributed by atoms with van der Waals surface area (Å²) >= 11 is 0. The lowest BCUT2D eigenvalue weighted by atomic mass is 10.0. The Bertz CT molecular complexity index is 942. The molecule has 4 rings (SSSR count). The molecule has 0 saturated heterocycles. The molecule has 0 spiro atoms. The first-order valence-electron chi connectivity index (χ1n) is 8.39. The average molecular weight is 333 g/mol. The Balaban J connectivity index is 1.59. The van der Waals surface area contributed by atoms with Gasteiger partial charge in [0.15, 0.2) is 5.82 Å². The zero-order chi connectivity index (χ0) is 17.4. The maximum atomic E-state index is 12.6. The Morgan fingerprint density at radius 2 is 2.00 bits per heavy atom. The molecular formula is C19H19N5O. The molecule has 6 nitrogen and oxygen atoms in total. The monoisotopic (exact) mass is 333 g/mol.